The predicted octanol–water partition coefficient (Wildman–Crippen LogP) is 9.53. The van der Waals surface area contributed by atoms with E-state index >= 15 is 0 Å². The normalized spacial score (nSPS) is 15.3. The van der Waals surface area contributed by atoms with Crippen LogP contribution in [0.5, 0.6) is 0 Å². The zero-order valence-electron chi connectivity index (χ0n) is 37.6. The summed E-state index contributed by atoms with van der Waals surface area (Å²) in [6, 6.07) is 20.4. The maximum Gasteiger partial charge on any atom is 0.225 e. The van der Waals surface area contributed by atoms with Crippen molar-refractivity contribution >= 4 is 72.1 Å². The Labute approximate surface area is 426 Å². The van der Waals surface area contributed by atoms with Gasteiger partial charge in [-0.25, -0.2) is 37.7 Å². The van der Waals surface area contributed by atoms with Gasteiger partial charge < -0.3 is 26.2 Å². The van der Waals surface area contributed by atoms with Crippen LogP contribution < -0.4 is 26.2 Å². The van der Waals surface area contributed by atoms with E-state index in [9.17, 15) is 14.0 Å². The summed E-state index contributed by atoms with van der Waals surface area (Å²) in [5.74, 6) is 0.822. The first-order valence-electron chi connectivity index (χ1n) is 22.0. The Morgan fingerprint density at radius 2 is 0.971 bits per heavy atom. The van der Waals surface area contributed by atoms with Gasteiger partial charge in [-0.2, -0.15) is 20.7 Å². The van der Waals surface area contributed by atoms with E-state index in [-0.39, 0.29) is 19.1 Å². The summed E-state index contributed by atoms with van der Waals surface area (Å²) in [6.07, 6.45) is 17.4. The summed E-state index contributed by atoms with van der Waals surface area (Å²) < 4.78 is 31.6. The molecule has 8 aromatic rings. The number of rotatable bonds is 7. The van der Waals surface area contributed by atoms with Crippen LogP contribution in [0.25, 0.3) is 11.0 Å². The first-order valence-corrected chi connectivity index (χ1v) is 23.9. The molecule has 2 aromatic carbocycles. The molecule has 15 nitrogen and oxygen atoms in total. The molecule has 0 bridgehead atoms. The minimum Gasteiger partial charge on any atom is -0.365 e. The number of aromatic nitrogens is 8. The number of hydrogen-bond donors (Lipinski definition) is 2. The van der Waals surface area contributed by atoms with Gasteiger partial charge in [0.25, 0.3) is 0 Å². The average molecular weight is 1090 g/mol. The van der Waals surface area contributed by atoms with Crippen molar-refractivity contribution in [3.8, 4) is 12.1 Å². The molecule has 0 amide bonds. The molecule has 0 saturated carbocycles. The largest absolute Gasteiger partial charge is 0.365 e. The van der Waals surface area contributed by atoms with Crippen molar-refractivity contribution in [3.05, 3.63) is 169 Å². The zero-order chi connectivity index (χ0) is 48.9. The molecule has 20 heteroatoms. The lowest BCUT2D eigenvalue weighted by atomic mass is 9.87. The molecule has 2 fully saturated rings. The Hall–Kier alpha value is -6.61. The second-order valence-electron chi connectivity index (χ2n) is 17.0. The highest BCUT2D eigenvalue weighted by molar-refractivity contribution is 9.10. The van der Waals surface area contributed by atoms with Crippen molar-refractivity contribution in [1.29, 1.82) is 10.5 Å². The second kappa shape index (κ2) is 22.0. The lowest BCUT2D eigenvalue weighted by Crippen LogP contribution is -2.47. The topological polar surface area (TPSA) is 196 Å². The number of nitriles is 2. The van der Waals surface area contributed by atoms with E-state index in [0.29, 0.717) is 48.3 Å². The molecular weight excluding hydrogens is 1040 g/mol. The van der Waals surface area contributed by atoms with E-state index in [1.165, 1.54) is 49.7 Å². The van der Waals surface area contributed by atoms with Crippen molar-refractivity contribution in [2.75, 3.05) is 54.0 Å². The second-order valence-corrected chi connectivity index (χ2v) is 19.2. The monoisotopic (exact) mass is 1090 g/mol. The molecule has 10 rings (SSSR count). The maximum atomic E-state index is 13.3. The lowest BCUT2D eigenvalue weighted by Gasteiger charge is -2.36. The predicted molar refractivity (Wildman–Crippen MR) is 276 cm³/mol. The van der Waals surface area contributed by atoms with Crippen LogP contribution in [0.4, 0.5) is 26.4 Å². The number of piperazine rings is 1. The number of halogens is 5. The molecule has 2 aliphatic rings. The molecule has 0 aliphatic carbocycles. The van der Waals surface area contributed by atoms with E-state index in [0.717, 1.165) is 67.0 Å². The minimum atomic E-state index is -0.836. The first kappa shape index (κ1) is 51.2. The number of anilines is 3. The number of nitrogens with two attached hydrogens (primary N) is 2. The molecule has 0 unspecified atom stereocenters. The third kappa shape index (κ3) is 11.2. The summed E-state index contributed by atoms with van der Waals surface area (Å²) in [7, 11) is 0. The third-order valence-electron chi connectivity index (χ3n) is 12.2. The van der Waals surface area contributed by atoms with Crippen LogP contribution in [0.2, 0.25) is 5.02 Å². The Bertz CT molecular complexity index is 3140. The Morgan fingerprint density at radius 1 is 0.571 bits per heavy atom. The highest BCUT2D eigenvalue weighted by Crippen LogP contribution is 2.32. The van der Waals surface area contributed by atoms with Crippen LogP contribution in [0, 0.1) is 34.3 Å². The number of benzene rings is 2. The average Bonchev–Trinajstić information content (AvgIpc) is 3.96. The summed E-state index contributed by atoms with van der Waals surface area (Å²) in [6.45, 7) is 8.61. The Morgan fingerprint density at radius 3 is 1.43 bits per heavy atom. The van der Waals surface area contributed by atoms with Crippen LogP contribution in [-0.2, 0) is 11.1 Å². The molecule has 70 heavy (non-hydrogen) atoms. The van der Waals surface area contributed by atoms with E-state index in [4.69, 9.17) is 28.3 Å². The molecule has 2 aliphatic heterocycles. The summed E-state index contributed by atoms with van der Waals surface area (Å²) in [5.41, 5.74) is 18.0. The Kier molecular flexibility index (Phi) is 16.1. The number of fused-ring (bicyclic) bond motifs is 2. The van der Waals surface area contributed by atoms with Crippen molar-refractivity contribution in [2.45, 2.75) is 51.6 Å². The molecule has 360 valence electrons. The van der Waals surface area contributed by atoms with E-state index in [1.54, 1.807) is 70.5 Å². The van der Waals surface area contributed by atoms with Crippen molar-refractivity contribution in [3.63, 3.8) is 0 Å². The quantitative estimate of drug-likeness (QED) is 0.153. The standard InChI is InChI=1S/C24H22BrFN8.C17H21FN4.C8H3BrClN3.CH4/c1-24(28,17-2-4-20(26)5-3-17)18-13-29-23(30-14-18)33-8-6-32(7-9-33)22-16(11-27)12-31-34-15-19(25)10-21(22)34;1-17(19,13-5-7-15(18)8-6-13)14-11-20-16(21-12-14)22-9-3-2-4-10-22;9-6-1-7-8(10)5(2-11)3-12-13(7)4-6;/h2-5,10,12-15H,6-9,28H2,1H3;5-8,11-12H,2-4,9-10,19H2,1H3;1,3-4H;1H4/t24-;17-;;/m00../s1. The molecule has 0 radical (unpaired) electrons. The van der Waals surface area contributed by atoms with E-state index in [1.807, 2.05) is 38.2 Å². The zero-order valence-corrected chi connectivity index (χ0v) is 41.5. The highest BCUT2D eigenvalue weighted by atomic mass is 79.9. The summed E-state index contributed by atoms with van der Waals surface area (Å²) >= 11 is 12.7. The highest BCUT2D eigenvalue weighted by Gasteiger charge is 2.28. The molecule has 2 saturated heterocycles. The number of nitrogens with zero attached hydrogens (tertiary/aromatic N) is 13. The van der Waals surface area contributed by atoms with E-state index < -0.39 is 11.1 Å². The lowest BCUT2D eigenvalue weighted by molar-refractivity contribution is 0.563. The van der Waals surface area contributed by atoms with E-state index in [2.05, 4.69) is 82.8 Å². The van der Waals surface area contributed by atoms with Gasteiger partial charge in [-0.15, -0.1) is 0 Å². The first-order chi connectivity index (χ1) is 33.2. The van der Waals surface area contributed by atoms with Gasteiger partial charge in [0.1, 0.15) is 23.8 Å². The smallest absolute Gasteiger partial charge is 0.225 e. The van der Waals surface area contributed by atoms with Gasteiger partial charge in [-0.05, 0) is 112 Å². The van der Waals surface area contributed by atoms with Gasteiger partial charge in [0.15, 0.2) is 0 Å². The summed E-state index contributed by atoms with van der Waals surface area (Å²) in [5, 5.41) is 27.1. The van der Waals surface area contributed by atoms with Crippen LogP contribution >= 0.6 is 43.5 Å². The molecular formula is C50H50Br2ClF2N15. The number of hydrogen-bond acceptors (Lipinski definition) is 13. The molecule has 0 spiro atoms. The van der Waals surface area contributed by atoms with Gasteiger partial charge >= 0.3 is 0 Å². The van der Waals surface area contributed by atoms with Gasteiger partial charge in [-0.1, -0.05) is 43.3 Å². The fraction of sp³-hybridized carbons (Fsp3) is 0.280. The van der Waals surface area contributed by atoms with Crippen LogP contribution in [0.1, 0.15) is 73.9 Å². The third-order valence-corrected chi connectivity index (χ3v) is 13.5. The van der Waals surface area contributed by atoms with Gasteiger partial charge in [-0.3, -0.25) is 0 Å². The maximum absolute atomic E-state index is 13.3. The Balaban J connectivity index is 0.000000171. The van der Waals surface area contributed by atoms with Crippen LogP contribution in [0.3, 0.4) is 0 Å². The van der Waals surface area contributed by atoms with Crippen LogP contribution in [-0.4, -0.2) is 78.4 Å². The van der Waals surface area contributed by atoms with Gasteiger partial charge in [0.2, 0.25) is 11.9 Å². The SMILES string of the molecule is C.C[C@](N)(c1ccc(F)cc1)c1cnc(N2CCCCC2)nc1.C[C@](N)(c1ccc(F)cc1)c1cnc(N2CCN(c3c(C#N)cnn4cc(Br)cc34)CC2)nc1.N#Cc1cnn2cc(Br)cc2c1Cl. The molecule has 2 atom stereocenters. The number of piperidine rings is 1. The fourth-order valence-corrected chi connectivity index (χ4v) is 9.21. The minimum absolute atomic E-state index is 0. The molecule has 4 N–H and O–H groups in total. The fourth-order valence-electron chi connectivity index (χ4n) is 8.15. The van der Waals surface area contributed by atoms with Gasteiger partial charge in [0.05, 0.1) is 56.3 Å². The van der Waals surface area contributed by atoms with Crippen LogP contribution in [0.15, 0.2) is 119 Å². The molecule has 8 heterocycles. The molecule has 6 aromatic heterocycles. The van der Waals surface area contributed by atoms with Gasteiger partial charge in [0, 0.05) is 96.5 Å². The van der Waals surface area contributed by atoms with Crippen molar-refractivity contribution in [2.24, 2.45) is 11.5 Å². The summed E-state index contributed by atoms with van der Waals surface area (Å²) in [4.78, 5) is 24.6. The van der Waals surface area contributed by atoms with Crippen molar-refractivity contribution < 1.29 is 8.78 Å². The van der Waals surface area contributed by atoms with Crippen molar-refractivity contribution in [1.82, 2.24) is 39.2 Å².